The fraction of sp³-hybridized carbons (Fsp3) is 0.292. The van der Waals surface area contributed by atoms with E-state index in [0.717, 1.165) is 40.6 Å². The van der Waals surface area contributed by atoms with Gasteiger partial charge in [-0.2, -0.15) is 4.31 Å². The summed E-state index contributed by atoms with van der Waals surface area (Å²) in [6, 6.07) is 13.5. The molecule has 8 nitrogen and oxygen atoms in total. The SMILES string of the molecule is Cc1ccc(C=C2SC(=O)N(CCNC(=O)c3cccc(S(=O)(=O)N4CCCC4)c3)C2=O)cc1. The molecule has 0 saturated carbocycles. The molecule has 10 heteroatoms. The Bertz CT molecular complexity index is 1250. The quantitative estimate of drug-likeness (QED) is 0.587. The monoisotopic (exact) mass is 499 g/mol. The number of aryl methyl sites for hydroxylation is 1. The number of carbonyl (C=O) groups excluding carboxylic acids is 3. The standard InChI is InChI=1S/C24H25N3O5S2/c1-17-7-9-18(10-8-17)15-21-23(29)27(24(30)33-21)14-11-25-22(28)19-5-4-6-20(16-19)34(31,32)26-12-2-3-13-26/h4-10,15-16H,2-3,11-14H2,1H3,(H,25,28). The molecular weight excluding hydrogens is 474 g/mol. The van der Waals surface area contributed by atoms with Gasteiger partial charge in [0.05, 0.1) is 9.80 Å². The third-order valence-electron chi connectivity index (χ3n) is 5.67. The number of rotatable bonds is 7. The molecule has 0 bridgehead atoms. The minimum atomic E-state index is -3.63. The molecule has 2 aromatic rings. The van der Waals surface area contributed by atoms with Gasteiger partial charge in [0.15, 0.2) is 0 Å². The molecule has 0 spiro atoms. The van der Waals surface area contributed by atoms with Crippen molar-refractivity contribution in [2.24, 2.45) is 0 Å². The van der Waals surface area contributed by atoms with Crippen molar-refractivity contribution in [3.05, 3.63) is 70.1 Å². The molecular formula is C24H25N3O5S2. The molecule has 0 atom stereocenters. The van der Waals surface area contributed by atoms with Crippen LogP contribution in [0.25, 0.3) is 6.08 Å². The van der Waals surface area contributed by atoms with Crippen molar-refractivity contribution in [1.29, 1.82) is 0 Å². The number of imide groups is 1. The van der Waals surface area contributed by atoms with Crippen molar-refractivity contribution in [2.75, 3.05) is 26.2 Å². The molecule has 2 heterocycles. The maximum absolute atomic E-state index is 12.8. The molecule has 2 aromatic carbocycles. The highest BCUT2D eigenvalue weighted by Gasteiger charge is 2.34. The molecule has 0 aromatic heterocycles. The lowest BCUT2D eigenvalue weighted by Crippen LogP contribution is -2.37. The predicted octanol–water partition coefficient (Wildman–Crippen LogP) is 3.25. The van der Waals surface area contributed by atoms with E-state index in [1.165, 1.54) is 28.6 Å². The lowest BCUT2D eigenvalue weighted by atomic mass is 10.1. The number of nitrogens with one attached hydrogen (secondary N) is 1. The molecule has 178 valence electrons. The first-order valence-corrected chi connectivity index (χ1v) is 13.2. The highest BCUT2D eigenvalue weighted by atomic mass is 32.2. The first-order chi connectivity index (χ1) is 16.3. The van der Waals surface area contributed by atoms with E-state index in [2.05, 4.69) is 5.32 Å². The van der Waals surface area contributed by atoms with Gasteiger partial charge in [-0.3, -0.25) is 19.3 Å². The summed E-state index contributed by atoms with van der Waals surface area (Å²) >= 11 is 0.867. The van der Waals surface area contributed by atoms with Gasteiger partial charge in [-0.25, -0.2) is 8.42 Å². The Morgan fingerprint density at radius 1 is 1.09 bits per heavy atom. The normalized spacial score (nSPS) is 18.1. The molecule has 1 N–H and O–H groups in total. The highest BCUT2D eigenvalue weighted by Crippen LogP contribution is 2.32. The van der Waals surface area contributed by atoms with Crippen LogP contribution in [0.3, 0.4) is 0 Å². The van der Waals surface area contributed by atoms with E-state index in [1.807, 2.05) is 31.2 Å². The minimum absolute atomic E-state index is 0.0212. The summed E-state index contributed by atoms with van der Waals surface area (Å²) in [7, 11) is -3.63. The van der Waals surface area contributed by atoms with E-state index in [0.29, 0.717) is 18.0 Å². The number of benzene rings is 2. The zero-order valence-corrected chi connectivity index (χ0v) is 20.3. The Morgan fingerprint density at radius 2 is 1.79 bits per heavy atom. The molecule has 34 heavy (non-hydrogen) atoms. The van der Waals surface area contributed by atoms with E-state index in [-0.39, 0.29) is 23.5 Å². The Kier molecular flexibility index (Phi) is 7.20. The number of sulfonamides is 1. The summed E-state index contributed by atoms with van der Waals surface area (Å²) in [5, 5.41) is 2.27. The number of nitrogens with zero attached hydrogens (tertiary/aromatic N) is 2. The summed E-state index contributed by atoms with van der Waals surface area (Å²) in [6.45, 7) is 3.00. The Hall–Kier alpha value is -2.95. The largest absolute Gasteiger partial charge is 0.350 e. The Labute approximate surface area is 203 Å². The smallest absolute Gasteiger partial charge is 0.293 e. The van der Waals surface area contributed by atoms with Gasteiger partial charge in [-0.05, 0) is 61.4 Å². The van der Waals surface area contributed by atoms with E-state index < -0.39 is 27.1 Å². The van der Waals surface area contributed by atoms with Gasteiger partial charge in [0.1, 0.15) is 0 Å². The van der Waals surface area contributed by atoms with Crippen molar-refractivity contribution >= 4 is 44.9 Å². The van der Waals surface area contributed by atoms with Gasteiger partial charge in [0.2, 0.25) is 10.0 Å². The van der Waals surface area contributed by atoms with Gasteiger partial charge in [0, 0.05) is 31.7 Å². The number of hydrogen-bond donors (Lipinski definition) is 1. The van der Waals surface area contributed by atoms with Gasteiger partial charge in [-0.1, -0.05) is 35.9 Å². The highest BCUT2D eigenvalue weighted by molar-refractivity contribution is 8.18. The predicted molar refractivity (Wildman–Crippen MR) is 131 cm³/mol. The Morgan fingerprint density at radius 3 is 2.50 bits per heavy atom. The second-order valence-electron chi connectivity index (χ2n) is 8.14. The minimum Gasteiger partial charge on any atom is -0.350 e. The lowest BCUT2D eigenvalue weighted by Gasteiger charge is -2.16. The molecule has 0 radical (unpaired) electrons. The number of carbonyl (C=O) groups is 3. The molecule has 2 saturated heterocycles. The number of thioether (sulfide) groups is 1. The van der Waals surface area contributed by atoms with Gasteiger partial charge in [-0.15, -0.1) is 0 Å². The maximum Gasteiger partial charge on any atom is 0.293 e. The second-order valence-corrected chi connectivity index (χ2v) is 11.1. The average molecular weight is 500 g/mol. The van der Waals surface area contributed by atoms with Crippen molar-refractivity contribution < 1.29 is 22.8 Å². The van der Waals surface area contributed by atoms with Crippen LogP contribution in [0.15, 0.2) is 58.3 Å². The van der Waals surface area contributed by atoms with E-state index in [4.69, 9.17) is 0 Å². The van der Waals surface area contributed by atoms with Crippen LogP contribution in [-0.4, -0.2) is 60.9 Å². The molecule has 0 aliphatic carbocycles. The van der Waals surface area contributed by atoms with E-state index in [1.54, 1.807) is 6.08 Å². The first-order valence-electron chi connectivity index (χ1n) is 11.0. The van der Waals surface area contributed by atoms with Crippen molar-refractivity contribution in [2.45, 2.75) is 24.7 Å². The fourth-order valence-corrected chi connectivity index (χ4v) is 6.19. The summed E-state index contributed by atoms with van der Waals surface area (Å²) in [5.74, 6) is -0.871. The number of hydrogen-bond acceptors (Lipinski definition) is 6. The molecule has 2 aliphatic heterocycles. The van der Waals surface area contributed by atoms with Gasteiger partial charge < -0.3 is 5.32 Å². The number of amides is 3. The van der Waals surface area contributed by atoms with E-state index in [9.17, 15) is 22.8 Å². The summed E-state index contributed by atoms with van der Waals surface area (Å²) < 4.78 is 26.9. The van der Waals surface area contributed by atoms with Crippen molar-refractivity contribution in [1.82, 2.24) is 14.5 Å². The first kappa shape index (κ1) is 24.2. The van der Waals surface area contributed by atoms with Crippen LogP contribution in [0.5, 0.6) is 0 Å². The molecule has 2 aliphatic rings. The van der Waals surface area contributed by atoms with Crippen LogP contribution < -0.4 is 5.32 Å². The molecule has 0 unspecified atom stereocenters. The summed E-state index contributed by atoms with van der Waals surface area (Å²) in [6.07, 6.45) is 3.33. The van der Waals surface area contributed by atoms with Crippen molar-refractivity contribution in [3.8, 4) is 0 Å². The third-order valence-corrected chi connectivity index (χ3v) is 8.47. The van der Waals surface area contributed by atoms with Crippen LogP contribution in [0.1, 0.15) is 34.3 Å². The zero-order valence-electron chi connectivity index (χ0n) is 18.7. The molecule has 2 fully saturated rings. The van der Waals surface area contributed by atoms with Crippen LogP contribution in [0, 0.1) is 6.92 Å². The van der Waals surface area contributed by atoms with Crippen LogP contribution >= 0.6 is 11.8 Å². The maximum atomic E-state index is 12.8. The van der Waals surface area contributed by atoms with E-state index >= 15 is 0 Å². The van der Waals surface area contributed by atoms with Crippen LogP contribution in [-0.2, 0) is 14.8 Å². The Balaban J connectivity index is 1.36. The molecule has 3 amide bonds. The fourth-order valence-electron chi connectivity index (χ4n) is 3.77. The third kappa shape index (κ3) is 5.24. The van der Waals surface area contributed by atoms with Crippen molar-refractivity contribution in [3.63, 3.8) is 0 Å². The van der Waals surface area contributed by atoms with Crippen LogP contribution in [0.2, 0.25) is 0 Å². The average Bonchev–Trinajstić information content (AvgIpc) is 3.46. The molecule has 4 rings (SSSR count). The summed E-state index contributed by atoms with van der Waals surface area (Å²) in [5.41, 5.74) is 2.13. The zero-order chi connectivity index (χ0) is 24.3. The van der Waals surface area contributed by atoms with Gasteiger partial charge >= 0.3 is 0 Å². The van der Waals surface area contributed by atoms with Crippen LogP contribution in [0.4, 0.5) is 4.79 Å². The topological polar surface area (TPSA) is 104 Å². The van der Waals surface area contributed by atoms with Gasteiger partial charge in [0.25, 0.3) is 17.1 Å². The lowest BCUT2D eigenvalue weighted by molar-refractivity contribution is -0.122. The summed E-state index contributed by atoms with van der Waals surface area (Å²) in [4.78, 5) is 39.1. The second kappa shape index (κ2) is 10.1.